The lowest BCUT2D eigenvalue weighted by Crippen LogP contribution is -2.44. The third-order valence-electron chi connectivity index (χ3n) is 3.83. The highest BCUT2D eigenvalue weighted by Gasteiger charge is 2.40. The lowest BCUT2D eigenvalue weighted by atomic mass is 9.90. The van der Waals surface area contributed by atoms with Crippen LogP contribution in [0.3, 0.4) is 0 Å². The van der Waals surface area contributed by atoms with Gasteiger partial charge in [-0.05, 0) is 46.5 Å². The molecule has 1 aliphatic carbocycles. The van der Waals surface area contributed by atoms with Crippen molar-refractivity contribution >= 4 is 15.9 Å². The Morgan fingerprint density at radius 3 is 2.63 bits per heavy atom. The first kappa shape index (κ1) is 13.4. The number of hydrogen-bond acceptors (Lipinski definition) is 3. The van der Waals surface area contributed by atoms with Crippen molar-refractivity contribution in [1.82, 2.24) is 0 Å². The fourth-order valence-corrected chi connectivity index (χ4v) is 2.80. The molecule has 0 spiro atoms. The van der Waals surface area contributed by atoms with Gasteiger partial charge in [0.25, 0.3) is 0 Å². The van der Waals surface area contributed by atoms with Gasteiger partial charge in [0, 0.05) is 11.8 Å². The van der Waals surface area contributed by atoms with Crippen LogP contribution in [0.5, 0.6) is 5.75 Å². The van der Waals surface area contributed by atoms with Gasteiger partial charge < -0.3 is 14.6 Å². The van der Waals surface area contributed by atoms with Gasteiger partial charge in [-0.3, -0.25) is 0 Å². The van der Waals surface area contributed by atoms with E-state index in [2.05, 4.69) is 22.9 Å². The number of hydrogen-bond donors (Lipinski definition) is 1. The van der Waals surface area contributed by atoms with Gasteiger partial charge >= 0.3 is 0 Å². The zero-order chi connectivity index (χ0) is 13.5. The van der Waals surface area contributed by atoms with E-state index in [0.29, 0.717) is 6.61 Å². The Morgan fingerprint density at radius 1 is 1.37 bits per heavy atom. The molecule has 1 aromatic rings. The molecule has 3 rings (SSSR count). The maximum absolute atomic E-state index is 9.93. The fourth-order valence-electron chi connectivity index (χ4n) is 2.26. The number of rotatable bonds is 5. The summed E-state index contributed by atoms with van der Waals surface area (Å²) in [6.07, 6.45) is 2.57. The van der Waals surface area contributed by atoms with Crippen LogP contribution in [0.15, 0.2) is 22.7 Å². The van der Waals surface area contributed by atoms with E-state index >= 15 is 0 Å². The van der Waals surface area contributed by atoms with Crippen LogP contribution < -0.4 is 4.74 Å². The molecule has 1 aromatic carbocycles. The normalized spacial score (nSPS) is 22.7. The number of ether oxygens (including phenoxy) is 2. The molecular formula is C15H19BrO3. The van der Waals surface area contributed by atoms with Gasteiger partial charge in [0.15, 0.2) is 0 Å². The van der Waals surface area contributed by atoms with E-state index < -0.39 is 5.60 Å². The highest BCUT2D eigenvalue weighted by molar-refractivity contribution is 9.10. The van der Waals surface area contributed by atoms with Crippen molar-refractivity contribution in [1.29, 1.82) is 0 Å². The van der Waals surface area contributed by atoms with Crippen molar-refractivity contribution in [3.8, 4) is 5.75 Å². The summed E-state index contributed by atoms with van der Waals surface area (Å²) in [5.74, 6) is 0.861. The molecule has 0 radical (unpaired) electrons. The van der Waals surface area contributed by atoms with E-state index in [1.807, 2.05) is 18.2 Å². The van der Waals surface area contributed by atoms with E-state index in [0.717, 1.165) is 48.3 Å². The second-order valence-electron chi connectivity index (χ2n) is 6.26. The molecule has 1 N–H and O–H groups in total. The van der Waals surface area contributed by atoms with E-state index in [9.17, 15) is 5.11 Å². The predicted octanol–water partition coefficient (Wildman–Crippen LogP) is 2.93. The molecule has 1 saturated heterocycles. The average molecular weight is 327 g/mol. The number of benzene rings is 1. The number of aliphatic hydroxyl groups is 1. The second-order valence-corrected chi connectivity index (χ2v) is 7.11. The summed E-state index contributed by atoms with van der Waals surface area (Å²) < 4.78 is 12.0. The van der Waals surface area contributed by atoms with Crippen LogP contribution in [0.2, 0.25) is 0 Å². The molecule has 0 unspecified atom stereocenters. The lowest BCUT2D eigenvalue weighted by molar-refractivity contribution is -0.120. The van der Waals surface area contributed by atoms with Crippen LogP contribution >= 0.6 is 15.9 Å². The summed E-state index contributed by atoms with van der Waals surface area (Å²) in [6.45, 7) is 4.39. The Hall–Kier alpha value is -0.580. The molecule has 0 atom stereocenters. The van der Waals surface area contributed by atoms with Gasteiger partial charge in [-0.1, -0.05) is 13.0 Å². The molecule has 0 amide bonds. The summed E-state index contributed by atoms with van der Waals surface area (Å²) in [5, 5.41) is 9.93. The lowest BCUT2D eigenvalue weighted by Gasteiger charge is -2.37. The highest BCUT2D eigenvalue weighted by atomic mass is 79.9. The van der Waals surface area contributed by atoms with Gasteiger partial charge in [-0.2, -0.15) is 0 Å². The molecule has 1 aliphatic heterocycles. The Morgan fingerprint density at radius 2 is 2.11 bits per heavy atom. The third-order valence-corrected chi connectivity index (χ3v) is 4.45. The first-order valence-electron chi connectivity index (χ1n) is 6.70. The predicted molar refractivity (Wildman–Crippen MR) is 76.5 cm³/mol. The Bertz CT molecular complexity index is 478. The summed E-state index contributed by atoms with van der Waals surface area (Å²) in [4.78, 5) is 0. The number of halogens is 1. The first-order valence-corrected chi connectivity index (χ1v) is 7.49. The third kappa shape index (κ3) is 3.12. The van der Waals surface area contributed by atoms with E-state index in [4.69, 9.17) is 9.47 Å². The zero-order valence-corrected chi connectivity index (χ0v) is 12.7. The molecular weight excluding hydrogens is 308 g/mol. The minimum absolute atomic E-state index is 0.154. The minimum atomic E-state index is -0.446. The highest BCUT2D eigenvalue weighted by Crippen LogP contribution is 2.39. The van der Waals surface area contributed by atoms with Crippen LogP contribution in [0.1, 0.15) is 25.3 Å². The van der Waals surface area contributed by atoms with Crippen molar-refractivity contribution in [2.24, 2.45) is 5.41 Å². The van der Waals surface area contributed by atoms with Gasteiger partial charge in [0.2, 0.25) is 0 Å². The van der Waals surface area contributed by atoms with Crippen molar-refractivity contribution in [2.75, 3.05) is 19.8 Å². The van der Waals surface area contributed by atoms with Crippen molar-refractivity contribution in [2.45, 2.75) is 31.8 Å². The van der Waals surface area contributed by atoms with E-state index in [-0.39, 0.29) is 5.41 Å². The van der Waals surface area contributed by atoms with Crippen LogP contribution in [0, 0.1) is 5.41 Å². The first-order chi connectivity index (χ1) is 8.98. The van der Waals surface area contributed by atoms with Crippen molar-refractivity contribution in [3.05, 3.63) is 28.2 Å². The Kier molecular flexibility index (Phi) is 3.36. The van der Waals surface area contributed by atoms with Crippen molar-refractivity contribution in [3.63, 3.8) is 0 Å². The van der Waals surface area contributed by atoms with Crippen LogP contribution in [0.4, 0.5) is 0 Å². The standard InChI is InChI=1S/C15H19BrO3/c1-14(8-18-9-14)10-19-13-3-2-11(6-12(13)16)7-15(17)4-5-15/h2-3,6,17H,4-5,7-10H2,1H3. The molecule has 0 aromatic heterocycles. The summed E-state index contributed by atoms with van der Waals surface area (Å²) in [5.41, 5.74) is 0.859. The molecule has 1 heterocycles. The van der Waals surface area contributed by atoms with Gasteiger partial charge in [-0.25, -0.2) is 0 Å². The Labute approximate surface area is 122 Å². The molecule has 4 heteroatoms. The maximum atomic E-state index is 9.93. The second kappa shape index (κ2) is 4.76. The van der Waals surface area contributed by atoms with Crippen LogP contribution in [0.25, 0.3) is 0 Å². The molecule has 2 fully saturated rings. The topological polar surface area (TPSA) is 38.7 Å². The Balaban J connectivity index is 1.62. The average Bonchev–Trinajstić information content (AvgIpc) is 3.03. The maximum Gasteiger partial charge on any atom is 0.133 e. The van der Waals surface area contributed by atoms with E-state index in [1.54, 1.807) is 0 Å². The van der Waals surface area contributed by atoms with E-state index in [1.165, 1.54) is 0 Å². The van der Waals surface area contributed by atoms with Crippen LogP contribution in [-0.4, -0.2) is 30.5 Å². The minimum Gasteiger partial charge on any atom is -0.492 e. The summed E-state index contributed by atoms with van der Waals surface area (Å²) >= 11 is 3.54. The molecule has 0 bridgehead atoms. The van der Waals surface area contributed by atoms with Gasteiger partial charge in [-0.15, -0.1) is 0 Å². The molecule has 2 aliphatic rings. The smallest absolute Gasteiger partial charge is 0.133 e. The van der Waals surface area contributed by atoms with Gasteiger partial charge in [0.05, 0.1) is 29.9 Å². The monoisotopic (exact) mass is 326 g/mol. The summed E-state index contributed by atoms with van der Waals surface area (Å²) in [6, 6.07) is 6.06. The zero-order valence-electron chi connectivity index (χ0n) is 11.1. The largest absolute Gasteiger partial charge is 0.492 e. The van der Waals surface area contributed by atoms with Gasteiger partial charge in [0.1, 0.15) is 5.75 Å². The molecule has 19 heavy (non-hydrogen) atoms. The molecule has 3 nitrogen and oxygen atoms in total. The SMILES string of the molecule is CC1(COc2ccc(CC3(O)CC3)cc2Br)COC1. The molecule has 1 saturated carbocycles. The quantitative estimate of drug-likeness (QED) is 0.904. The molecule has 104 valence electrons. The fraction of sp³-hybridized carbons (Fsp3) is 0.600. The van der Waals surface area contributed by atoms with Crippen molar-refractivity contribution < 1.29 is 14.6 Å². The summed E-state index contributed by atoms with van der Waals surface area (Å²) in [7, 11) is 0. The van der Waals surface area contributed by atoms with Crippen LogP contribution in [-0.2, 0) is 11.2 Å².